The summed E-state index contributed by atoms with van der Waals surface area (Å²) in [6, 6.07) is 1.78. The lowest BCUT2D eigenvalue weighted by molar-refractivity contribution is -0.121. The normalized spacial score (nSPS) is 24.7. The fourth-order valence-electron chi connectivity index (χ4n) is 2.51. The molecule has 0 aromatic carbocycles. The number of nitrogens with one attached hydrogen (secondary N) is 2. The molecule has 2 fully saturated rings. The van der Waals surface area contributed by atoms with Crippen LogP contribution >= 0.6 is 0 Å². The van der Waals surface area contributed by atoms with Gasteiger partial charge in [-0.05, 0) is 52.6 Å². The number of amides is 1. The Bertz CT molecular complexity index is 276. The van der Waals surface area contributed by atoms with E-state index in [0.29, 0.717) is 24.5 Å². The highest BCUT2D eigenvalue weighted by atomic mass is 16.1. The molecule has 1 amide bonds. The first-order valence-electron chi connectivity index (χ1n) is 7.42. The Morgan fingerprint density at radius 3 is 2.67 bits per heavy atom. The van der Waals surface area contributed by atoms with Crippen molar-refractivity contribution in [3.05, 3.63) is 0 Å². The first-order valence-corrected chi connectivity index (χ1v) is 7.42. The molecule has 18 heavy (non-hydrogen) atoms. The van der Waals surface area contributed by atoms with E-state index in [1.807, 2.05) is 0 Å². The molecule has 1 unspecified atom stereocenters. The summed E-state index contributed by atoms with van der Waals surface area (Å²) in [5.74, 6) is 0.231. The third-order valence-corrected chi connectivity index (χ3v) is 3.91. The molecule has 1 aliphatic carbocycles. The molecule has 1 heterocycles. The Morgan fingerprint density at radius 2 is 2.06 bits per heavy atom. The molecule has 1 saturated heterocycles. The van der Waals surface area contributed by atoms with Crippen LogP contribution in [0.1, 0.15) is 46.0 Å². The van der Waals surface area contributed by atoms with E-state index < -0.39 is 0 Å². The summed E-state index contributed by atoms with van der Waals surface area (Å²) < 4.78 is 0. The summed E-state index contributed by atoms with van der Waals surface area (Å²) >= 11 is 0. The van der Waals surface area contributed by atoms with Crippen LogP contribution in [-0.4, -0.2) is 48.6 Å². The molecule has 2 rings (SSSR count). The molecule has 0 radical (unpaired) electrons. The highest BCUT2D eigenvalue weighted by Crippen LogP contribution is 2.18. The highest BCUT2D eigenvalue weighted by molar-refractivity contribution is 5.76. The van der Waals surface area contributed by atoms with E-state index in [9.17, 15) is 4.79 Å². The minimum atomic E-state index is 0.231. The highest BCUT2D eigenvalue weighted by Gasteiger charge is 2.24. The maximum absolute atomic E-state index is 11.5. The van der Waals surface area contributed by atoms with Gasteiger partial charge in [0.2, 0.25) is 5.91 Å². The van der Waals surface area contributed by atoms with Gasteiger partial charge >= 0.3 is 0 Å². The van der Waals surface area contributed by atoms with Crippen molar-refractivity contribution in [3.8, 4) is 0 Å². The topological polar surface area (TPSA) is 44.4 Å². The maximum Gasteiger partial charge on any atom is 0.220 e. The molecule has 4 heteroatoms. The van der Waals surface area contributed by atoms with Gasteiger partial charge in [-0.1, -0.05) is 0 Å². The van der Waals surface area contributed by atoms with Crippen molar-refractivity contribution in [2.45, 2.75) is 64.1 Å². The van der Waals surface area contributed by atoms with Gasteiger partial charge in [-0.25, -0.2) is 0 Å². The summed E-state index contributed by atoms with van der Waals surface area (Å²) in [6.07, 6.45) is 5.22. The predicted molar refractivity (Wildman–Crippen MR) is 73.5 cm³/mol. The fourth-order valence-corrected chi connectivity index (χ4v) is 2.51. The third-order valence-electron chi connectivity index (χ3n) is 3.91. The van der Waals surface area contributed by atoms with Crippen molar-refractivity contribution in [1.29, 1.82) is 0 Å². The van der Waals surface area contributed by atoms with Gasteiger partial charge in [0.25, 0.3) is 0 Å². The molecule has 1 saturated carbocycles. The number of carbonyl (C=O) groups is 1. The minimum Gasteiger partial charge on any atom is -0.353 e. The molecule has 2 aliphatic rings. The number of hydrogen-bond donors (Lipinski definition) is 2. The van der Waals surface area contributed by atoms with Gasteiger partial charge in [-0.15, -0.1) is 0 Å². The third kappa shape index (κ3) is 4.58. The minimum absolute atomic E-state index is 0.231. The van der Waals surface area contributed by atoms with Gasteiger partial charge in [0.15, 0.2) is 0 Å². The SMILES string of the molecule is CC(C)N1CCC(NCCCC(=O)NC2CC2)C1. The van der Waals surface area contributed by atoms with Gasteiger partial charge < -0.3 is 10.6 Å². The molecule has 104 valence electrons. The lowest BCUT2D eigenvalue weighted by Gasteiger charge is -2.20. The van der Waals surface area contributed by atoms with E-state index in [-0.39, 0.29) is 5.91 Å². The van der Waals surface area contributed by atoms with Gasteiger partial charge in [0.1, 0.15) is 0 Å². The molecule has 4 nitrogen and oxygen atoms in total. The Balaban J connectivity index is 1.49. The van der Waals surface area contributed by atoms with E-state index in [2.05, 4.69) is 29.4 Å². The Morgan fingerprint density at radius 1 is 1.28 bits per heavy atom. The van der Waals surface area contributed by atoms with Crippen LogP contribution in [0.3, 0.4) is 0 Å². The van der Waals surface area contributed by atoms with Gasteiger partial charge in [-0.2, -0.15) is 0 Å². The summed E-state index contributed by atoms with van der Waals surface area (Å²) in [6.45, 7) is 7.84. The summed E-state index contributed by atoms with van der Waals surface area (Å²) in [5, 5.41) is 6.60. The second-order valence-electron chi connectivity index (χ2n) is 5.97. The number of rotatable bonds is 7. The van der Waals surface area contributed by atoms with Crippen molar-refractivity contribution in [2.75, 3.05) is 19.6 Å². The standard InChI is InChI=1S/C14H27N3O/c1-11(2)17-9-7-13(10-17)15-8-3-4-14(18)16-12-5-6-12/h11-13,15H,3-10H2,1-2H3,(H,16,18). The second kappa shape index (κ2) is 6.53. The first-order chi connectivity index (χ1) is 8.65. The van der Waals surface area contributed by atoms with E-state index in [0.717, 1.165) is 19.5 Å². The second-order valence-corrected chi connectivity index (χ2v) is 5.97. The summed E-state index contributed by atoms with van der Waals surface area (Å²) in [4.78, 5) is 14.0. The monoisotopic (exact) mass is 253 g/mol. The molecule has 0 aromatic rings. The number of likely N-dealkylation sites (tertiary alicyclic amines) is 1. The lowest BCUT2D eigenvalue weighted by atomic mass is 10.2. The van der Waals surface area contributed by atoms with Crippen molar-refractivity contribution >= 4 is 5.91 Å². The zero-order chi connectivity index (χ0) is 13.0. The zero-order valence-corrected chi connectivity index (χ0v) is 11.7. The summed E-state index contributed by atoms with van der Waals surface area (Å²) in [5.41, 5.74) is 0. The van der Waals surface area contributed by atoms with E-state index >= 15 is 0 Å². The Kier molecular flexibility index (Phi) is 5.01. The molecule has 0 aromatic heterocycles. The van der Waals surface area contributed by atoms with Crippen molar-refractivity contribution in [1.82, 2.24) is 15.5 Å². The predicted octanol–water partition coefficient (Wildman–Crippen LogP) is 1.12. The van der Waals surface area contributed by atoms with E-state index in [1.54, 1.807) is 0 Å². The van der Waals surface area contributed by atoms with Crippen molar-refractivity contribution in [2.24, 2.45) is 0 Å². The first kappa shape index (κ1) is 13.8. The largest absolute Gasteiger partial charge is 0.353 e. The van der Waals surface area contributed by atoms with Gasteiger partial charge in [0.05, 0.1) is 0 Å². The molecule has 1 aliphatic heterocycles. The molecule has 2 N–H and O–H groups in total. The van der Waals surface area contributed by atoms with Crippen LogP contribution < -0.4 is 10.6 Å². The van der Waals surface area contributed by atoms with Crippen LogP contribution in [0.15, 0.2) is 0 Å². The Labute approximate surface area is 110 Å². The van der Waals surface area contributed by atoms with Crippen molar-refractivity contribution in [3.63, 3.8) is 0 Å². The zero-order valence-electron chi connectivity index (χ0n) is 11.7. The maximum atomic E-state index is 11.5. The quantitative estimate of drug-likeness (QED) is 0.668. The molecule has 1 atom stereocenters. The Hall–Kier alpha value is -0.610. The lowest BCUT2D eigenvalue weighted by Crippen LogP contribution is -2.36. The van der Waals surface area contributed by atoms with E-state index in [4.69, 9.17) is 0 Å². The van der Waals surface area contributed by atoms with Gasteiger partial charge in [-0.3, -0.25) is 9.69 Å². The molecule has 0 bridgehead atoms. The fraction of sp³-hybridized carbons (Fsp3) is 0.929. The smallest absolute Gasteiger partial charge is 0.220 e. The van der Waals surface area contributed by atoms with Gasteiger partial charge in [0, 0.05) is 31.1 Å². The van der Waals surface area contributed by atoms with Crippen LogP contribution in [0.2, 0.25) is 0 Å². The van der Waals surface area contributed by atoms with E-state index in [1.165, 1.54) is 25.8 Å². The van der Waals surface area contributed by atoms with Crippen molar-refractivity contribution < 1.29 is 4.79 Å². The van der Waals surface area contributed by atoms with Crippen LogP contribution in [-0.2, 0) is 4.79 Å². The number of hydrogen-bond acceptors (Lipinski definition) is 3. The summed E-state index contributed by atoms with van der Waals surface area (Å²) in [7, 11) is 0. The average Bonchev–Trinajstić information content (AvgIpc) is 2.99. The van der Waals surface area contributed by atoms with Crippen LogP contribution in [0.5, 0.6) is 0 Å². The number of nitrogens with zero attached hydrogens (tertiary/aromatic N) is 1. The number of carbonyl (C=O) groups excluding carboxylic acids is 1. The van der Waals surface area contributed by atoms with Crippen LogP contribution in [0, 0.1) is 0 Å². The molecular weight excluding hydrogens is 226 g/mol. The van der Waals surface area contributed by atoms with Crippen LogP contribution in [0.4, 0.5) is 0 Å². The van der Waals surface area contributed by atoms with Crippen LogP contribution in [0.25, 0.3) is 0 Å². The molecule has 0 spiro atoms. The molecular formula is C14H27N3O. The average molecular weight is 253 g/mol.